The number of carboxylic acids is 1. The summed E-state index contributed by atoms with van der Waals surface area (Å²) in [5, 5.41) is 20.8. The van der Waals surface area contributed by atoms with E-state index in [1.807, 2.05) is 53.8 Å². The SMILES string of the molecule is O=C(NCC(C(=O)N1C[C@H](O)C[C@@H]1C(=O)O)C(F)(F)F)OCC1c2ccccc2-c2ccccc21. The highest BCUT2D eigenvalue weighted by Gasteiger charge is 2.50. The maximum atomic E-state index is 13.6. The third kappa shape index (κ3) is 4.95. The van der Waals surface area contributed by atoms with Gasteiger partial charge in [0.05, 0.1) is 6.10 Å². The molecule has 186 valence electrons. The van der Waals surface area contributed by atoms with Gasteiger partial charge in [-0.3, -0.25) is 4.79 Å². The van der Waals surface area contributed by atoms with E-state index >= 15 is 0 Å². The number of β-amino-alcohol motifs (C(OH)–C–C–N with tert-alkyl or cyclic N) is 1. The van der Waals surface area contributed by atoms with Gasteiger partial charge in [-0.2, -0.15) is 13.2 Å². The molecular weight excluding hydrogens is 469 g/mol. The van der Waals surface area contributed by atoms with E-state index in [0.29, 0.717) is 4.90 Å². The quantitative estimate of drug-likeness (QED) is 0.571. The highest BCUT2D eigenvalue weighted by Crippen LogP contribution is 2.44. The zero-order valence-corrected chi connectivity index (χ0v) is 18.4. The summed E-state index contributed by atoms with van der Waals surface area (Å²) in [6.07, 6.45) is -7.80. The van der Waals surface area contributed by atoms with Gasteiger partial charge in [-0.15, -0.1) is 0 Å². The minimum Gasteiger partial charge on any atom is -0.480 e. The Bertz CT molecular complexity index is 1090. The number of carbonyl (C=O) groups is 3. The monoisotopic (exact) mass is 492 g/mol. The Kier molecular flexibility index (Phi) is 6.70. The van der Waals surface area contributed by atoms with Gasteiger partial charge in [0.1, 0.15) is 12.6 Å². The van der Waals surface area contributed by atoms with Gasteiger partial charge in [0.25, 0.3) is 0 Å². The van der Waals surface area contributed by atoms with Crippen molar-refractivity contribution in [3.05, 3.63) is 59.7 Å². The van der Waals surface area contributed by atoms with Crippen LogP contribution >= 0.6 is 0 Å². The van der Waals surface area contributed by atoms with Crippen molar-refractivity contribution in [2.75, 3.05) is 19.7 Å². The zero-order chi connectivity index (χ0) is 25.3. The van der Waals surface area contributed by atoms with Crippen LogP contribution in [0, 0.1) is 5.92 Å². The van der Waals surface area contributed by atoms with Gasteiger partial charge in [0, 0.05) is 25.4 Å². The highest BCUT2D eigenvalue weighted by atomic mass is 19.4. The van der Waals surface area contributed by atoms with E-state index < -0.39 is 55.3 Å². The van der Waals surface area contributed by atoms with E-state index in [0.717, 1.165) is 22.3 Å². The summed E-state index contributed by atoms with van der Waals surface area (Å²) in [5.41, 5.74) is 3.83. The first-order valence-electron chi connectivity index (χ1n) is 10.9. The highest BCUT2D eigenvalue weighted by molar-refractivity contribution is 5.87. The van der Waals surface area contributed by atoms with E-state index in [2.05, 4.69) is 0 Å². The van der Waals surface area contributed by atoms with Crippen molar-refractivity contribution in [3.63, 3.8) is 0 Å². The molecule has 0 spiro atoms. The van der Waals surface area contributed by atoms with Gasteiger partial charge in [0.2, 0.25) is 5.91 Å². The minimum atomic E-state index is -5.05. The Balaban J connectivity index is 1.41. The van der Waals surface area contributed by atoms with Crippen molar-refractivity contribution < 1.29 is 42.5 Å². The number of likely N-dealkylation sites (tertiary alicyclic amines) is 1. The number of fused-ring (bicyclic) bond motifs is 3. The summed E-state index contributed by atoms with van der Waals surface area (Å²) in [6.45, 7) is -1.78. The van der Waals surface area contributed by atoms with Crippen LogP contribution in [0.1, 0.15) is 23.5 Å². The molecule has 3 N–H and O–H groups in total. The molecule has 2 amide bonds. The molecule has 1 aliphatic carbocycles. The average molecular weight is 492 g/mol. The summed E-state index contributed by atoms with van der Waals surface area (Å²) < 4.78 is 46.0. The lowest BCUT2D eigenvalue weighted by Gasteiger charge is -2.28. The lowest BCUT2D eigenvalue weighted by molar-refractivity contribution is -0.189. The molecule has 1 aliphatic heterocycles. The lowest BCUT2D eigenvalue weighted by atomic mass is 9.98. The number of amides is 2. The third-order valence-corrected chi connectivity index (χ3v) is 6.33. The Labute approximate surface area is 198 Å². The van der Waals surface area contributed by atoms with Crippen molar-refractivity contribution in [1.82, 2.24) is 10.2 Å². The second-order valence-corrected chi connectivity index (χ2v) is 8.53. The number of nitrogens with zero attached hydrogens (tertiary/aromatic N) is 1. The average Bonchev–Trinajstić information content (AvgIpc) is 3.35. The van der Waals surface area contributed by atoms with Crippen LogP contribution in [0.3, 0.4) is 0 Å². The summed E-state index contributed by atoms with van der Waals surface area (Å²) in [7, 11) is 0. The predicted octanol–water partition coefficient (Wildman–Crippen LogP) is 2.75. The number of ether oxygens (including phenoxy) is 1. The van der Waals surface area contributed by atoms with Crippen LogP contribution in [0.5, 0.6) is 0 Å². The fourth-order valence-corrected chi connectivity index (χ4v) is 4.67. The smallest absolute Gasteiger partial charge is 0.407 e. The number of halogens is 3. The standard InChI is InChI=1S/C24H23F3N2O6/c25-24(26,27)19(21(31)29-11-13(30)9-20(29)22(32)33)10-28-23(34)35-12-18-16-7-3-1-5-14(16)15-6-2-4-8-17(15)18/h1-8,13,18-20,30H,9-12H2,(H,28,34)(H,32,33)/t13-,19?,20-/m1/s1. The molecule has 1 heterocycles. The summed E-state index contributed by atoms with van der Waals surface area (Å²) in [6, 6.07) is 13.5. The fourth-order valence-electron chi connectivity index (χ4n) is 4.67. The molecule has 2 aromatic rings. The van der Waals surface area contributed by atoms with E-state index in [9.17, 15) is 37.8 Å². The van der Waals surface area contributed by atoms with Crippen LogP contribution in [0.2, 0.25) is 0 Å². The Hall–Kier alpha value is -3.60. The number of hydrogen-bond acceptors (Lipinski definition) is 5. The van der Waals surface area contributed by atoms with E-state index in [-0.39, 0.29) is 18.9 Å². The molecule has 1 fully saturated rings. The number of alkyl carbamates (subject to hydrolysis) is 1. The van der Waals surface area contributed by atoms with Crippen molar-refractivity contribution >= 4 is 18.0 Å². The predicted molar refractivity (Wildman–Crippen MR) is 116 cm³/mol. The molecule has 35 heavy (non-hydrogen) atoms. The number of alkyl halides is 3. The normalized spacial score (nSPS) is 20.2. The molecule has 4 rings (SSSR count). The molecule has 2 aromatic carbocycles. The van der Waals surface area contributed by atoms with E-state index in [1.54, 1.807) is 0 Å². The first kappa shape index (κ1) is 24.5. The maximum absolute atomic E-state index is 13.6. The summed E-state index contributed by atoms with van der Waals surface area (Å²) in [5.74, 6) is -6.02. The lowest BCUT2D eigenvalue weighted by Crippen LogP contribution is -2.51. The Morgan fingerprint density at radius 2 is 1.63 bits per heavy atom. The van der Waals surface area contributed by atoms with Crippen LogP contribution in [0.15, 0.2) is 48.5 Å². The topological polar surface area (TPSA) is 116 Å². The minimum absolute atomic E-state index is 0.121. The largest absolute Gasteiger partial charge is 0.480 e. The number of carboxylic acid groups (broad SMARTS) is 1. The fraction of sp³-hybridized carbons (Fsp3) is 0.375. The van der Waals surface area contributed by atoms with Crippen LogP contribution in [0.25, 0.3) is 11.1 Å². The van der Waals surface area contributed by atoms with Crippen molar-refractivity contribution in [2.45, 2.75) is 30.7 Å². The second kappa shape index (κ2) is 9.57. The van der Waals surface area contributed by atoms with Crippen molar-refractivity contribution in [1.29, 1.82) is 0 Å². The molecule has 0 saturated carbocycles. The van der Waals surface area contributed by atoms with Gasteiger partial charge in [-0.25, -0.2) is 9.59 Å². The molecule has 11 heteroatoms. The molecule has 0 aromatic heterocycles. The van der Waals surface area contributed by atoms with Crippen molar-refractivity contribution in [2.24, 2.45) is 5.92 Å². The number of carbonyl (C=O) groups excluding carboxylic acids is 2. The van der Waals surface area contributed by atoms with E-state index in [4.69, 9.17) is 4.74 Å². The van der Waals surface area contributed by atoms with Crippen LogP contribution in [-0.4, -0.2) is 71.1 Å². The molecule has 1 unspecified atom stereocenters. The number of aliphatic hydroxyl groups is 1. The third-order valence-electron chi connectivity index (χ3n) is 6.33. The molecular formula is C24H23F3N2O6. The van der Waals surface area contributed by atoms with Crippen LogP contribution in [0.4, 0.5) is 18.0 Å². The number of rotatable bonds is 6. The Morgan fingerprint density at radius 1 is 1.06 bits per heavy atom. The van der Waals surface area contributed by atoms with Gasteiger partial charge in [0.15, 0.2) is 5.92 Å². The molecule has 0 bridgehead atoms. The zero-order valence-electron chi connectivity index (χ0n) is 18.4. The van der Waals surface area contributed by atoms with Crippen molar-refractivity contribution in [3.8, 4) is 11.1 Å². The van der Waals surface area contributed by atoms with Crippen LogP contribution in [-0.2, 0) is 14.3 Å². The maximum Gasteiger partial charge on any atom is 0.407 e. The molecule has 0 radical (unpaired) electrons. The number of aliphatic carboxylic acids is 1. The van der Waals surface area contributed by atoms with Gasteiger partial charge >= 0.3 is 18.2 Å². The second-order valence-electron chi connectivity index (χ2n) is 8.53. The van der Waals surface area contributed by atoms with Gasteiger partial charge in [-0.1, -0.05) is 48.5 Å². The van der Waals surface area contributed by atoms with E-state index in [1.165, 1.54) is 0 Å². The van der Waals surface area contributed by atoms with Gasteiger partial charge < -0.3 is 25.2 Å². The molecule has 8 nitrogen and oxygen atoms in total. The number of aliphatic hydroxyl groups excluding tert-OH is 1. The number of nitrogens with one attached hydrogen (secondary N) is 1. The molecule has 3 atom stereocenters. The Morgan fingerprint density at radius 3 is 2.17 bits per heavy atom. The summed E-state index contributed by atoms with van der Waals surface area (Å²) in [4.78, 5) is 36.6. The first-order chi connectivity index (χ1) is 16.6. The first-order valence-corrected chi connectivity index (χ1v) is 10.9. The number of hydrogen-bond donors (Lipinski definition) is 3. The molecule has 1 saturated heterocycles. The number of benzene rings is 2. The van der Waals surface area contributed by atoms with Gasteiger partial charge in [-0.05, 0) is 22.3 Å². The summed E-state index contributed by atoms with van der Waals surface area (Å²) >= 11 is 0. The van der Waals surface area contributed by atoms with Crippen LogP contribution < -0.4 is 5.32 Å². The molecule has 2 aliphatic rings.